The maximum atomic E-state index is 12.2. The number of hydrogen-bond donors (Lipinski definition) is 0. The van der Waals surface area contributed by atoms with Gasteiger partial charge in [-0.05, 0) is 12.3 Å². The van der Waals surface area contributed by atoms with Crippen molar-refractivity contribution >= 4 is 5.91 Å². The van der Waals surface area contributed by atoms with Gasteiger partial charge in [0.2, 0.25) is 5.91 Å². The molecule has 0 radical (unpaired) electrons. The summed E-state index contributed by atoms with van der Waals surface area (Å²) in [6, 6.07) is 0. The zero-order chi connectivity index (χ0) is 12.6. The predicted octanol–water partition coefficient (Wildman–Crippen LogP) is 1.35. The normalized spacial score (nSPS) is 30.5. The van der Waals surface area contributed by atoms with Gasteiger partial charge >= 0.3 is 6.18 Å². The molecule has 3 nitrogen and oxygen atoms in total. The van der Waals surface area contributed by atoms with Crippen LogP contribution in [-0.2, 0) is 4.79 Å². The first-order valence-electron chi connectivity index (χ1n) is 5.95. The van der Waals surface area contributed by atoms with Crippen LogP contribution in [0, 0.1) is 11.8 Å². The third kappa shape index (κ3) is 3.34. The Morgan fingerprint density at radius 3 is 2.18 bits per heavy atom. The summed E-state index contributed by atoms with van der Waals surface area (Å²) in [7, 11) is 0. The molecule has 1 heterocycles. The van der Waals surface area contributed by atoms with Crippen molar-refractivity contribution in [1.82, 2.24) is 9.80 Å². The molecule has 2 fully saturated rings. The van der Waals surface area contributed by atoms with E-state index in [0.29, 0.717) is 32.1 Å². The number of piperazine rings is 1. The van der Waals surface area contributed by atoms with E-state index in [1.165, 1.54) is 4.90 Å². The van der Waals surface area contributed by atoms with Gasteiger partial charge in [0.05, 0.1) is 6.54 Å². The van der Waals surface area contributed by atoms with Crippen molar-refractivity contribution in [2.45, 2.75) is 19.5 Å². The molecule has 0 aromatic carbocycles. The van der Waals surface area contributed by atoms with E-state index in [0.717, 1.165) is 6.42 Å². The number of halogens is 3. The summed E-state index contributed by atoms with van der Waals surface area (Å²) in [5, 5.41) is 0. The Labute approximate surface area is 98.6 Å². The minimum atomic E-state index is -4.14. The first kappa shape index (κ1) is 12.7. The van der Waals surface area contributed by atoms with Crippen molar-refractivity contribution in [3.8, 4) is 0 Å². The Bertz CT molecular complexity index is 298. The fourth-order valence-electron chi connectivity index (χ4n) is 2.28. The molecule has 0 N–H and O–H groups in total. The van der Waals surface area contributed by atoms with Crippen LogP contribution < -0.4 is 0 Å². The zero-order valence-electron chi connectivity index (χ0n) is 9.83. The summed E-state index contributed by atoms with van der Waals surface area (Å²) in [6.45, 7) is 2.67. The van der Waals surface area contributed by atoms with Crippen molar-refractivity contribution in [2.75, 3.05) is 32.7 Å². The molecule has 1 aliphatic carbocycles. The van der Waals surface area contributed by atoms with Crippen molar-refractivity contribution < 1.29 is 18.0 Å². The Hall–Kier alpha value is -0.780. The quantitative estimate of drug-likeness (QED) is 0.738. The van der Waals surface area contributed by atoms with Gasteiger partial charge in [-0.2, -0.15) is 13.2 Å². The third-order valence-corrected chi connectivity index (χ3v) is 3.51. The fraction of sp³-hybridized carbons (Fsp3) is 0.909. The molecule has 0 spiro atoms. The van der Waals surface area contributed by atoms with Crippen molar-refractivity contribution in [3.05, 3.63) is 0 Å². The molecule has 0 aromatic heterocycles. The number of carbonyl (C=O) groups excluding carboxylic acids is 1. The van der Waals surface area contributed by atoms with Gasteiger partial charge in [0.25, 0.3) is 0 Å². The molecular weight excluding hydrogens is 233 g/mol. The second-order valence-corrected chi connectivity index (χ2v) is 5.04. The number of amides is 1. The summed E-state index contributed by atoms with van der Waals surface area (Å²) in [4.78, 5) is 14.9. The predicted molar refractivity (Wildman–Crippen MR) is 56.3 cm³/mol. The van der Waals surface area contributed by atoms with E-state index in [1.807, 2.05) is 6.92 Å². The molecule has 0 aromatic rings. The molecule has 1 saturated carbocycles. The molecule has 0 unspecified atom stereocenters. The molecule has 17 heavy (non-hydrogen) atoms. The van der Waals surface area contributed by atoms with Crippen LogP contribution in [0.25, 0.3) is 0 Å². The van der Waals surface area contributed by atoms with Gasteiger partial charge in [-0.25, -0.2) is 0 Å². The van der Waals surface area contributed by atoms with Crippen LogP contribution in [0.15, 0.2) is 0 Å². The van der Waals surface area contributed by atoms with Gasteiger partial charge in [-0.15, -0.1) is 0 Å². The van der Waals surface area contributed by atoms with Crippen molar-refractivity contribution in [2.24, 2.45) is 11.8 Å². The first-order valence-corrected chi connectivity index (χ1v) is 5.95. The van der Waals surface area contributed by atoms with Crippen LogP contribution >= 0.6 is 0 Å². The smallest absolute Gasteiger partial charge is 0.340 e. The highest BCUT2D eigenvalue weighted by Gasteiger charge is 2.42. The Balaban J connectivity index is 1.76. The number of hydrogen-bond acceptors (Lipinski definition) is 2. The molecule has 98 valence electrons. The number of alkyl halides is 3. The minimum absolute atomic E-state index is 0.129. The monoisotopic (exact) mass is 250 g/mol. The zero-order valence-corrected chi connectivity index (χ0v) is 9.83. The Kier molecular flexibility index (Phi) is 3.34. The first-order chi connectivity index (χ1) is 7.87. The van der Waals surface area contributed by atoms with Crippen molar-refractivity contribution in [3.63, 3.8) is 0 Å². The van der Waals surface area contributed by atoms with E-state index < -0.39 is 12.7 Å². The van der Waals surface area contributed by atoms with E-state index in [-0.39, 0.29) is 11.8 Å². The average Bonchev–Trinajstić information content (AvgIpc) is 2.93. The van der Waals surface area contributed by atoms with Gasteiger partial charge < -0.3 is 4.90 Å². The lowest BCUT2D eigenvalue weighted by molar-refractivity contribution is -0.152. The molecular formula is C11H17F3N2O. The highest BCUT2D eigenvalue weighted by molar-refractivity contribution is 5.81. The standard InChI is InChI=1S/C11H17F3N2O/c1-8-6-9(8)10(17)16-4-2-15(3-5-16)7-11(12,13)14/h8-9H,2-7H2,1H3/t8-,9-/m0/s1. The van der Waals surface area contributed by atoms with Crippen LogP contribution in [0.3, 0.4) is 0 Å². The van der Waals surface area contributed by atoms with Gasteiger partial charge in [-0.3, -0.25) is 9.69 Å². The second-order valence-electron chi connectivity index (χ2n) is 5.04. The van der Waals surface area contributed by atoms with Crippen molar-refractivity contribution in [1.29, 1.82) is 0 Å². The molecule has 1 saturated heterocycles. The summed E-state index contributed by atoms with van der Waals surface area (Å²) < 4.78 is 36.5. The van der Waals surface area contributed by atoms with E-state index in [1.54, 1.807) is 4.90 Å². The van der Waals surface area contributed by atoms with Gasteiger partial charge in [0, 0.05) is 32.1 Å². The van der Waals surface area contributed by atoms with Crippen LogP contribution in [-0.4, -0.2) is 54.6 Å². The fourth-order valence-corrected chi connectivity index (χ4v) is 2.28. The molecule has 2 aliphatic rings. The molecule has 2 rings (SSSR count). The van der Waals surface area contributed by atoms with Gasteiger partial charge in [0.1, 0.15) is 0 Å². The van der Waals surface area contributed by atoms with E-state index >= 15 is 0 Å². The van der Waals surface area contributed by atoms with Crippen LogP contribution in [0.1, 0.15) is 13.3 Å². The lowest BCUT2D eigenvalue weighted by atomic mass is 10.2. The highest BCUT2D eigenvalue weighted by Crippen LogP contribution is 2.39. The van der Waals surface area contributed by atoms with E-state index in [9.17, 15) is 18.0 Å². The second kappa shape index (κ2) is 4.48. The van der Waals surface area contributed by atoms with E-state index in [2.05, 4.69) is 0 Å². The van der Waals surface area contributed by atoms with Crippen LogP contribution in [0.5, 0.6) is 0 Å². The highest BCUT2D eigenvalue weighted by atomic mass is 19.4. The topological polar surface area (TPSA) is 23.6 Å². The Morgan fingerprint density at radius 2 is 1.76 bits per heavy atom. The van der Waals surface area contributed by atoms with Gasteiger partial charge in [0.15, 0.2) is 0 Å². The molecule has 6 heteroatoms. The summed E-state index contributed by atoms with van der Waals surface area (Å²) in [5.74, 6) is 0.712. The number of nitrogens with zero attached hydrogens (tertiary/aromatic N) is 2. The van der Waals surface area contributed by atoms with Gasteiger partial charge in [-0.1, -0.05) is 6.92 Å². The maximum absolute atomic E-state index is 12.2. The minimum Gasteiger partial charge on any atom is -0.340 e. The number of carbonyl (C=O) groups is 1. The average molecular weight is 250 g/mol. The van der Waals surface area contributed by atoms with E-state index in [4.69, 9.17) is 0 Å². The SMILES string of the molecule is C[C@H]1C[C@@H]1C(=O)N1CCN(CC(F)(F)F)CC1. The maximum Gasteiger partial charge on any atom is 0.401 e. The lowest BCUT2D eigenvalue weighted by Crippen LogP contribution is -2.51. The third-order valence-electron chi connectivity index (χ3n) is 3.51. The molecule has 2 atom stereocenters. The van der Waals surface area contributed by atoms with Crippen LogP contribution in [0.2, 0.25) is 0 Å². The Morgan fingerprint density at radius 1 is 1.24 bits per heavy atom. The molecule has 0 bridgehead atoms. The van der Waals surface area contributed by atoms with Crippen LogP contribution in [0.4, 0.5) is 13.2 Å². The molecule has 1 amide bonds. The number of rotatable bonds is 2. The largest absolute Gasteiger partial charge is 0.401 e. The summed E-state index contributed by atoms with van der Waals surface area (Å²) >= 11 is 0. The molecule has 1 aliphatic heterocycles. The summed E-state index contributed by atoms with van der Waals surface area (Å²) in [5.41, 5.74) is 0. The lowest BCUT2D eigenvalue weighted by Gasteiger charge is -2.35. The summed E-state index contributed by atoms with van der Waals surface area (Å²) in [6.07, 6.45) is -3.21.